The number of carbonyl (C=O) groups excluding carboxylic acids is 1. The minimum absolute atomic E-state index is 0.109. The van der Waals surface area contributed by atoms with Gasteiger partial charge in [0.15, 0.2) is 5.76 Å². The van der Waals surface area contributed by atoms with E-state index in [4.69, 9.17) is 16.0 Å². The standard InChI is InChI=1S/C18H13ClN2O3S/c19-12-5-3-11(4-6-12)13-8-16(22)21-17(14(13)9-20)25-10-18(21,23)15-2-1-7-24-15/h1-7,13,23H,8,10H2/t13-,18+/m1/s1. The lowest BCUT2D eigenvalue weighted by atomic mass is 9.86. The number of hydrogen-bond acceptors (Lipinski definition) is 5. The van der Waals surface area contributed by atoms with Crippen LogP contribution in [0.2, 0.25) is 5.02 Å². The minimum atomic E-state index is -1.56. The highest BCUT2D eigenvalue weighted by molar-refractivity contribution is 8.03. The predicted molar refractivity (Wildman–Crippen MR) is 93.4 cm³/mol. The van der Waals surface area contributed by atoms with Crippen molar-refractivity contribution in [1.29, 1.82) is 5.26 Å². The molecule has 0 aliphatic carbocycles. The highest BCUT2D eigenvalue weighted by Gasteiger charge is 2.53. The van der Waals surface area contributed by atoms with Crippen LogP contribution in [-0.4, -0.2) is 21.7 Å². The number of furan rings is 1. The summed E-state index contributed by atoms with van der Waals surface area (Å²) in [7, 11) is 0. The van der Waals surface area contributed by atoms with Gasteiger partial charge < -0.3 is 9.52 Å². The predicted octanol–water partition coefficient (Wildman–Crippen LogP) is 3.58. The Morgan fingerprint density at radius 2 is 2.12 bits per heavy atom. The fraction of sp³-hybridized carbons (Fsp3) is 0.222. The van der Waals surface area contributed by atoms with E-state index in [2.05, 4.69) is 6.07 Å². The molecule has 2 aliphatic rings. The second-order valence-corrected chi connectivity index (χ2v) is 7.35. The van der Waals surface area contributed by atoms with Crippen LogP contribution in [0, 0.1) is 11.3 Å². The van der Waals surface area contributed by atoms with E-state index in [1.165, 1.54) is 22.9 Å². The topological polar surface area (TPSA) is 77.5 Å². The van der Waals surface area contributed by atoms with Gasteiger partial charge in [0.05, 0.1) is 28.7 Å². The van der Waals surface area contributed by atoms with Crippen molar-refractivity contribution in [2.45, 2.75) is 18.1 Å². The maximum atomic E-state index is 12.8. The van der Waals surface area contributed by atoms with Crippen molar-refractivity contribution in [2.24, 2.45) is 0 Å². The summed E-state index contributed by atoms with van der Waals surface area (Å²) in [5, 5.41) is 21.9. The first kappa shape index (κ1) is 16.3. The molecule has 25 heavy (non-hydrogen) atoms. The highest BCUT2D eigenvalue weighted by Crippen LogP contribution is 2.51. The fourth-order valence-electron chi connectivity index (χ4n) is 3.29. The monoisotopic (exact) mass is 372 g/mol. The Morgan fingerprint density at radius 1 is 1.36 bits per heavy atom. The molecule has 3 heterocycles. The van der Waals surface area contributed by atoms with E-state index in [1.54, 1.807) is 24.3 Å². The molecular formula is C18H13ClN2O3S. The molecule has 7 heteroatoms. The Morgan fingerprint density at radius 3 is 2.76 bits per heavy atom. The number of benzene rings is 1. The van der Waals surface area contributed by atoms with E-state index in [0.717, 1.165) is 5.56 Å². The summed E-state index contributed by atoms with van der Waals surface area (Å²) in [4.78, 5) is 14.1. The van der Waals surface area contributed by atoms with E-state index in [-0.39, 0.29) is 24.0 Å². The summed E-state index contributed by atoms with van der Waals surface area (Å²) < 4.78 is 5.33. The summed E-state index contributed by atoms with van der Waals surface area (Å²) in [5.74, 6) is -0.0592. The molecule has 0 radical (unpaired) electrons. The van der Waals surface area contributed by atoms with Crippen LogP contribution in [0.3, 0.4) is 0 Å². The van der Waals surface area contributed by atoms with Crippen LogP contribution in [0.5, 0.6) is 0 Å². The Labute approximate surface area is 153 Å². The van der Waals surface area contributed by atoms with Gasteiger partial charge in [0.1, 0.15) is 0 Å². The van der Waals surface area contributed by atoms with Gasteiger partial charge in [-0.25, -0.2) is 0 Å². The lowest BCUT2D eigenvalue weighted by molar-refractivity contribution is -0.152. The molecule has 126 valence electrons. The highest BCUT2D eigenvalue weighted by atomic mass is 35.5. The molecule has 1 amide bonds. The quantitative estimate of drug-likeness (QED) is 0.871. The lowest BCUT2D eigenvalue weighted by Gasteiger charge is -2.36. The van der Waals surface area contributed by atoms with Crippen molar-refractivity contribution >= 4 is 29.3 Å². The molecule has 1 N–H and O–H groups in total. The smallest absolute Gasteiger partial charge is 0.231 e. The number of rotatable bonds is 2. The van der Waals surface area contributed by atoms with Crippen molar-refractivity contribution in [2.75, 3.05) is 5.75 Å². The van der Waals surface area contributed by atoms with E-state index < -0.39 is 5.72 Å². The Kier molecular flexibility index (Phi) is 3.88. The van der Waals surface area contributed by atoms with Gasteiger partial charge in [-0.2, -0.15) is 5.26 Å². The van der Waals surface area contributed by atoms with Crippen LogP contribution in [0.15, 0.2) is 57.7 Å². The molecule has 0 unspecified atom stereocenters. The van der Waals surface area contributed by atoms with Crippen LogP contribution in [0.1, 0.15) is 23.7 Å². The van der Waals surface area contributed by atoms with E-state index in [1.807, 2.05) is 12.1 Å². The molecule has 0 bridgehead atoms. The average molecular weight is 373 g/mol. The third-order valence-corrected chi connectivity index (χ3v) is 5.97. The summed E-state index contributed by atoms with van der Waals surface area (Å²) in [6.07, 6.45) is 1.56. The average Bonchev–Trinajstić information content (AvgIpc) is 3.25. The van der Waals surface area contributed by atoms with Crippen molar-refractivity contribution < 1.29 is 14.3 Å². The molecule has 0 spiro atoms. The Hall–Kier alpha value is -2.20. The number of thioether (sulfide) groups is 1. The molecule has 1 saturated heterocycles. The minimum Gasteiger partial charge on any atom is -0.464 e. The zero-order chi connectivity index (χ0) is 17.6. The van der Waals surface area contributed by atoms with Crippen molar-refractivity contribution in [3.05, 3.63) is 69.6 Å². The first-order valence-corrected chi connectivity index (χ1v) is 9.03. The summed E-state index contributed by atoms with van der Waals surface area (Å²) >= 11 is 7.23. The van der Waals surface area contributed by atoms with Crippen LogP contribution in [0.25, 0.3) is 0 Å². The zero-order valence-corrected chi connectivity index (χ0v) is 14.5. The fourth-order valence-corrected chi connectivity index (χ4v) is 4.75. The molecule has 1 fully saturated rings. The van der Waals surface area contributed by atoms with Gasteiger partial charge in [-0.3, -0.25) is 9.69 Å². The van der Waals surface area contributed by atoms with Gasteiger partial charge in [0.2, 0.25) is 11.6 Å². The van der Waals surface area contributed by atoms with Gasteiger partial charge in [-0.05, 0) is 29.8 Å². The van der Waals surface area contributed by atoms with E-state index in [0.29, 0.717) is 21.4 Å². The third-order valence-electron chi connectivity index (χ3n) is 4.50. The maximum Gasteiger partial charge on any atom is 0.231 e. The van der Waals surface area contributed by atoms with Gasteiger partial charge in [-0.15, -0.1) is 11.8 Å². The Balaban J connectivity index is 1.81. The zero-order valence-electron chi connectivity index (χ0n) is 13.0. The number of nitriles is 1. The SMILES string of the molecule is N#CC1=C2SC[C@](O)(c3ccco3)N2C(=O)C[C@@H]1c1ccc(Cl)cc1. The second-order valence-electron chi connectivity index (χ2n) is 5.95. The number of hydrogen-bond donors (Lipinski definition) is 1. The van der Waals surface area contributed by atoms with Gasteiger partial charge in [0.25, 0.3) is 0 Å². The molecule has 0 saturated carbocycles. The number of halogens is 1. The number of allylic oxidation sites excluding steroid dienone is 1. The maximum absolute atomic E-state index is 12.8. The van der Waals surface area contributed by atoms with Crippen LogP contribution < -0.4 is 0 Å². The lowest BCUT2D eigenvalue weighted by Crippen LogP contribution is -2.48. The first-order valence-electron chi connectivity index (χ1n) is 7.66. The molecule has 4 rings (SSSR count). The summed E-state index contributed by atoms with van der Waals surface area (Å²) in [6, 6.07) is 12.7. The van der Waals surface area contributed by atoms with Crippen molar-refractivity contribution in [3.63, 3.8) is 0 Å². The second kappa shape index (κ2) is 5.95. The van der Waals surface area contributed by atoms with Crippen molar-refractivity contribution in [1.82, 2.24) is 4.90 Å². The van der Waals surface area contributed by atoms with E-state index in [9.17, 15) is 15.2 Å². The van der Waals surface area contributed by atoms with Gasteiger partial charge in [0, 0.05) is 17.4 Å². The molecule has 2 aromatic rings. The van der Waals surface area contributed by atoms with Crippen LogP contribution >= 0.6 is 23.4 Å². The van der Waals surface area contributed by atoms with E-state index >= 15 is 0 Å². The number of amides is 1. The summed E-state index contributed by atoms with van der Waals surface area (Å²) in [6.45, 7) is 0. The van der Waals surface area contributed by atoms with Gasteiger partial charge in [-0.1, -0.05) is 23.7 Å². The molecular weight excluding hydrogens is 360 g/mol. The third kappa shape index (κ3) is 2.47. The molecule has 2 aliphatic heterocycles. The molecule has 2 atom stereocenters. The van der Waals surface area contributed by atoms with Crippen molar-refractivity contribution in [3.8, 4) is 6.07 Å². The van der Waals surface area contributed by atoms with Crippen LogP contribution in [-0.2, 0) is 10.5 Å². The molecule has 5 nitrogen and oxygen atoms in total. The number of aliphatic hydroxyl groups is 1. The molecule has 1 aromatic carbocycles. The normalized spacial score (nSPS) is 25.9. The first-order chi connectivity index (χ1) is 12.0. The summed E-state index contributed by atoms with van der Waals surface area (Å²) in [5.41, 5.74) is -0.224. The van der Waals surface area contributed by atoms with Gasteiger partial charge >= 0.3 is 0 Å². The number of carbonyl (C=O) groups is 1. The van der Waals surface area contributed by atoms with Crippen LogP contribution in [0.4, 0.5) is 0 Å². The number of nitrogens with zero attached hydrogens (tertiary/aromatic N) is 2. The molecule has 1 aromatic heterocycles. The number of fused-ring (bicyclic) bond motifs is 1. The largest absolute Gasteiger partial charge is 0.464 e. The Bertz CT molecular complexity index is 901.